The van der Waals surface area contributed by atoms with Crippen LogP contribution in [0.5, 0.6) is 0 Å². The van der Waals surface area contributed by atoms with Crippen LogP contribution in [0.15, 0.2) is 36.7 Å². The largest absolute Gasteiger partial charge is 0.361 e. The van der Waals surface area contributed by atoms with E-state index >= 15 is 0 Å². The molecule has 5 rings (SSSR count). The molecule has 2 aromatic heterocycles. The highest BCUT2D eigenvalue weighted by atomic mass is 32.1. The summed E-state index contributed by atoms with van der Waals surface area (Å²) in [6.45, 7) is 4.08. The van der Waals surface area contributed by atoms with Crippen LogP contribution in [0.25, 0.3) is 10.9 Å². The second-order valence-corrected chi connectivity index (χ2v) is 11.0. The maximum atomic E-state index is 13.5. The molecule has 1 aliphatic carbocycles. The number of hydrogen-bond acceptors (Lipinski definition) is 5. The number of para-hydroxylation sites is 1. The highest BCUT2D eigenvalue weighted by Crippen LogP contribution is 2.36. The molecule has 1 saturated carbocycles. The van der Waals surface area contributed by atoms with E-state index < -0.39 is 0 Å². The maximum Gasteiger partial charge on any atom is 0.186 e. The van der Waals surface area contributed by atoms with Crippen LogP contribution in [0.4, 0.5) is 5.13 Å². The van der Waals surface area contributed by atoms with E-state index in [0.717, 1.165) is 42.6 Å². The number of fused-ring (bicyclic) bond motifs is 1. The number of nitrogens with zero attached hydrogens (tertiary/aromatic N) is 3. The van der Waals surface area contributed by atoms with Gasteiger partial charge < -0.3 is 14.8 Å². The monoisotopic (exact) mass is 464 g/mol. The number of benzene rings is 1. The number of nitrogens with one attached hydrogen (secondary N) is 1. The van der Waals surface area contributed by atoms with Crippen LogP contribution in [0.3, 0.4) is 0 Å². The summed E-state index contributed by atoms with van der Waals surface area (Å²) in [6, 6.07) is 8.54. The zero-order valence-electron chi connectivity index (χ0n) is 19.8. The number of carbonyl (C=O) groups is 1. The zero-order valence-corrected chi connectivity index (χ0v) is 20.6. The molecule has 3 aromatic rings. The van der Waals surface area contributed by atoms with E-state index in [2.05, 4.69) is 57.3 Å². The Labute approximate surface area is 201 Å². The van der Waals surface area contributed by atoms with Gasteiger partial charge in [0.2, 0.25) is 0 Å². The average molecular weight is 465 g/mol. The lowest BCUT2D eigenvalue weighted by molar-refractivity contribution is 0.0942. The molecule has 0 radical (unpaired) electrons. The molecular weight excluding hydrogens is 428 g/mol. The second-order valence-electron chi connectivity index (χ2n) is 10.0. The number of H-pyrrole nitrogens is 1. The highest BCUT2D eigenvalue weighted by molar-refractivity contribution is 7.17. The molecule has 2 fully saturated rings. The normalized spacial score (nSPS) is 19.6. The smallest absolute Gasteiger partial charge is 0.186 e. The Morgan fingerprint density at radius 1 is 1.12 bits per heavy atom. The Morgan fingerprint density at radius 3 is 2.67 bits per heavy atom. The van der Waals surface area contributed by atoms with Gasteiger partial charge in [0, 0.05) is 49.7 Å². The molecule has 5 nitrogen and oxygen atoms in total. The molecule has 1 aliphatic heterocycles. The van der Waals surface area contributed by atoms with Gasteiger partial charge in [-0.05, 0) is 36.9 Å². The van der Waals surface area contributed by atoms with Crippen molar-refractivity contribution in [1.82, 2.24) is 14.9 Å². The average Bonchev–Trinajstić information content (AvgIpc) is 3.39. The number of thiazole rings is 1. The SMILES string of the molecule is CN1CCN(c2ncc(C(=O)CC(Cc3c[nH]c4ccccc34)C3CCCCCC3)s2)CC1. The molecule has 1 atom stereocenters. The van der Waals surface area contributed by atoms with Crippen LogP contribution in [-0.2, 0) is 6.42 Å². The molecule has 1 saturated heterocycles. The topological polar surface area (TPSA) is 52.2 Å². The third kappa shape index (κ3) is 5.33. The molecule has 6 heteroatoms. The molecule has 0 bridgehead atoms. The number of likely N-dealkylation sites (N-methyl/N-ethyl adjacent to an activating group) is 1. The summed E-state index contributed by atoms with van der Waals surface area (Å²) in [5.41, 5.74) is 2.55. The van der Waals surface area contributed by atoms with E-state index in [9.17, 15) is 4.79 Å². The number of carbonyl (C=O) groups excluding carboxylic acids is 1. The van der Waals surface area contributed by atoms with Crippen molar-refractivity contribution in [2.45, 2.75) is 51.4 Å². The van der Waals surface area contributed by atoms with E-state index in [4.69, 9.17) is 0 Å². The van der Waals surface area contributed by atoms with Crippen molar-refractivity contribution in [2.75, 3.05) is 38.1 Å². The quantitative estimate of drug-likeness (QED) is 0.356. The fourth-order valence-electron chi connectivity index (χ4n) is 5.65. The number of aromatic amines is 1. The summed E-state index contributed by atoms with van der Waals surface area (Å²) < 4.78 is 0. The van der Waals surface area contributed by atoms with Gasteiger partial charge in [-0.25, -0.2) is 4.98 Å². The van der Waals surface area contributed by atoms with Crippen molar-refractivity contribution < 1.29 is 4.79 Å². The van der Waals surface area contributed by atoms with Gasteiger partial charge >= 0.3 is 0 Å². The van der Waals surface area contributed by atoms with Crippen molar-refractivity contribution in [3.8, 4) is 0 Å². The number of hydrogen-bond donors (Lipinski definition) is 1. The third-order valence-corrected chi connectivity index (χ3v) is 8.81. The van der Waals surface area contributed by atoms with E-state index in [0.29, 0.717) is 18.3 Å². The van der Waals surface area contributed by atoms with Crippen molar-refractivity contribution in [1.29, 1.82) is 0 Å². The van der Waals surface area contributed by atoms with Gasteiger partial charge in [0.15, 0.2) is 10.9 Å². The number of ketones is 1. The Balaban J connectivity index is 1.32. The summed E-state index contributed by atoms with van der Waals surface area (Å²) in [5.74, 6) is 1.31. The molecule has 0 spiro atoms. The van der Waals surface area contributed by atoms with Gasteiger partial charge in [0.25, 0.3) is 0 Å². The van der Waals surface area contributed by atoms with Gasteiger partial charge in [-0.3, -0.25) is 4.79 Å². The molecule has 1 unspecified atom stereocenters. The molecule has 2 aliphatic rings. The summed E-state index contributed by atoms with van der Waals surface area (Å²) >= 11 is 1.59. The number of piperazine rings is 1. The summed E-state index contributed by atoms with van der Waals surface area (Å²) in [6.07, 6.45) is 13.4. The van der Waals surface area contributed by atoms with E-state index in [1.807, 2.05) is 6.20 Å². The Hall–Kier alpha value is -2.18. The first kappa shape index (κ1) is 22.6. The molecular formula is C27H36N4OS. The minimum Gasteiger partial charge on any atom is -0.361 e. The van der Waals surface area contributed by atoms with Crippen molar-refractivity contribution in [2.24, 2.45) is 11.8 Å². The van der Waals surface area contributed by atoms with E-state index in [-0.39, 0.29) is 5.78 Å². The number of Topliss-reactive ketones (excluding diaryl/α,β-unsaturated/α-hetero) is 1. The van der Waals surface area contributed by atoms with Gasteiger partial charge in [0.05, 0.1) is 11.1 Å². The van der Waals surface area contributed by atoms with Crippen molar-refractivity contribution >= 4 is 33.2 Å². The van der Waals surface area contributed by atoms with Crippen molar-refractivity contribution in [3.63, 3.8) is 0 Å². The summed E-state index contributed by atoms with van der Waals surface area (Å²) in [7, 11) is 2.16. The number of rotatable bonds is 7. The van der Waals surface area contributed by atoms with E-state index in [1.54, 1.807) is 11.3 Å². The summed E-state index contributed by atoms with van der Waals surface area (Å²) in [4.78, 5) is 27.0. The minimum absolute atomic E-state index is 0.280. The lowest BCUT2D eigenvalue weighted by atomic mass is 9.79. The third-order valence-electron chi connectivity index (χ3n) is 7.71. The molecule has 0 amide bonds. The molecule has 1 N–H and O–H groups in total. The molecule has 1 aromatic carbocycles. The highest BCUT2D eigenvalue weighted by Gasteiger charge is 2.28. The molecule has 3 heterocycles. The number of aromatic nitrogens is 2. The fraction of sp³-hybridized carbons (Fsp3) is 0.556. The summed E-state index contributed by atoms with van der Waals surface area (Å²) in [5, 5.41) is 2.31. The van der Waals surface area contributed by atoms with Crippen LogP contribution >= 0.6 is 11.3 Å². The predicted octanol–water partition coefficient (Wildman–Crippen LogP) is 5.78. The first-order chi connectivity index (χ1) is 16.2. The van der Waals surface area contributed by atoms with Gasteiger partial charge in [0.1, 0.15) is 0 Å². The Morgan fingerprint density at radius 2 is 1.88 bits per heavy atom. The minimum atomic E-state index is 0.280. The van der Waals surface area contributed by atoms with Crippen LogP contribution < -0.4 is 4.90 Å². The Bertz CT molecular complexity index is 1060. The lowest BCUT2D eigenvalue weighted by Crippen LogP contribution is -2.44. The van der Waals surface area contributed by atoms with Crippen LogP contribution in [0, 0.1) is 11.8 Å². The predicted molar refractivity (Wildman–Crippen MR) is 137 cm³/mol. The maximum absolute atomic E-state index is 13.5. The first-order valence-electron chi connectivity index (χ1n) is 12.6. The van der Waals surface area contributed by atoms with Crippen LogP contribution in [0.2, 0.25) is 0 Å². The van der Waals surface area contributed by atoms with Crippen molar-refractivity contribution in [3.05, 3.63) is 47.1 Å². The van der Waals surface area contributed by atoms with Gasteiger partial charge in [-0.2, -0.15) is 0 Å². The lowest BCUT2D eigenvalue weighted by Gasteiger charge is -2.32. The van der Waals surface area contributed by atoms with Gasteiger partial charge in [-0.15, -0.1) is 0 Å². The fourth-order valence-corrected chi connectivity index (χ4v) is 6.56. The van der Waals surface area contributed by atoms with Crippen LogP contribution in [0.1, 0.15) is 60.2 Å². The standard InChI is InChI=1S/C27H36N4OS/c1-30-12-14-31(15-13-30)27-29-19-26(33-27)25(32)17-21(20-8-4-2-3-5-9-20)16-22-18-28-24-11-7-6-10-23(22)24/h6-7,10-11,18-21,28H,2-5,8-9,12-17H2,1H3. The Kier molecular flexibility index (Phi) is 7.12. The molecule has 33 heavy (non-hydrogen) atoms. The van der Waals surface area contributed by atoms with Crippen LogP contribution in [-0.4, -0.2) is 53.9 Å². The first-order valence-corrected chi connectivity index (χ1v) is 13.5. The number of anilines is 1. The van der Waals surface area contributed by atoms with Gasteiger partial charge in [-0.1, -0.05) is 68.1 Å². The van der Waals surface area contributed by atoms with E-state index in [1.165, 1.54) is 55.0 Å². The molecule has 176 valence electrons. The zero-order chi connectivity index (χ0) is 22.6. The second kappa shape index (κ2) is 10.4.